The molecule has 2 rings (SSSR count). The second kappa shape index (κ2) is 5.23. The maximum Gasteiger partial charge on any atom is 0.150 e. The summed E-state index contributed by atoms with van der Waals surface area (Å²) >= 11 is 0. The van der Waals surface area contributed by atoms with Gasteiger partial charge in [0.1, 0.15) is 5.76 Å². The first-order valence-electron chi connectivity index (χ1n) is 6.08. The van der Waals surface area contributed by atoms with E-state index in [1.807, 2.05) is 12.1 Å². The standard InChI is InChI=1S/C12H19NO3S/c1-2-11(12-4-3-6-16-12)13-8-10-5-7-17(14,15)9-10/h3-4,6,10-11,13H,2,5,7-9H2,1H3. The van der Waals surface area contributed by atoms with E-state index in [0.717, 1.165) is 25.1 Å². The van der Waals surface area contributed by atoms with Crippen molar-refractivity contribution in [2.24, 2.45) is 5.92 Å². The highest BCUT2D eigenvalue weighted by molar-refractivity contribution is 7.91. The number of nitrogens with one attached hydrogen (secondary N) is 1. The Kier molecular flexibility index (Phi) is 3.89. The van der Waals surface area contributed by atoms with E-state index < -0.39 is 9.84 Å². The van der Waals surface area contributed by atoms with Gasteiger partial charge in [-0.25, -0.2) is 8.42 Å². The molecule has 2 unspecified atom stereocenters. The Bertz CT molecular complexity index is 438. The molecule has 2 atom stereocenters. The molecular weight excluding hydrogens is 238 g/mol. The fourth-order valence-electron chi connectivity index (χ4n) is 2.28. The molecule has 0 aromatic carbocycles. The lowest BCUT2D eigenvalue weighted by molar-refractivity contribution is 0.381. The quantitative estimate of drug-likeness (QED) is 0.873. The van der Waals surface area contributed by atoms with Crippen molar-refractivity contribution in [2.75, 3.05) is 18.1 Å². The Hall–Kier alpha value is -0.810. The topological polar surface area (TPSA) is 59.3 Å². The SMILES string of the molecule is CCC(NCC1CCS(=O)(=O)C1)c1ccco1. The molecule has 17 heavy (non-hydrogen) atoms. The maximum absolute atomic E-state index is 11.3. The van der Waals surface area contributed by atoms with Crippen LogP contribution in [0.3, 0.4) is 0 Å². The second-order valence-corrected chi connectivity index (χ2v) is 6.88. The molecule has 1 aromatic heterocycles. The van der Waals surface area contributed by atoms with Crippen LogP contribution < -0.4 is 5.32 Å². The number of sulfone groups is 1. The Morgan fingerprint density at radius 2 is 2.41 bits per heavy atom. The van der Waals surface area contributed by atoms with Crippen LogP contribution in [0.5, 0.6) is 0 Å². The smallest absolute Gasteiger partial charge is 0.150 e. The molecule has 2 heterocycles. The predicted molar refractivity (Wildman–Crippen MR) is 66.5 cm³/mol. The maximum atomic E-state index is 11.3. The van der Waals surface area contributed by atoms with Gasteiger partial charge in [0, 0.05) is 0 Å². The first-order valence-corrected chi connectivity index (χ1v) is 7.90. The van der Waals surface area contributed by atoms with Gasteiger partial charge in [0.2, 0.25) is 0 Å². The third kappa shape index (κ3) is 3.33. The molecule has 5 heteroatoms. The Morgan fingerprint density at radius 1 is 1.59 bits per heavy atom. The van der Waals surface area contributed by atoms with Gasteiger partial charge in [-0.1, -0.05) is 6.92 Å². The van der Waals surface area contributed by atoms with Gasteiger partial charge >= 0.3 is 0 Å². The summed E-state index contributed by atoms with van der Waals surface area (Å²) < 4.78 is 28.0. The van der Waals surface area contributed by atoms with E-state index in [9.17, 15) is 8.42 Å². The molecule has 1 aromatic rings. The van der Waals surface area contributed by atoms with Crippen LogP contribution in [0, 0.1) is 5.92 Å². The number of furan rings is 1. The van der Waals surface area contributed by atoms with E-state index >= 15 is 0 Å². The lowest BCUT2D eigenvalue weighted by atomic mass is 10.1. The minimum absolute atomic E-state index is 0.188. The second-order valence-electron chi connectivity index (χ2n) is 4.65. The summed E-state index contributed by atoms with van der Waals surface area (Å²) in [5.74, 6) is 1.85. The predicted octanol–water partition coefficient (Wildman–Crippen LogP) is 1.76. The zero-order valence-corrected chi connectivity index (χ0v) is 10.9. The van der Waals surface area contributed by atoms with Crippen molar-refractivity contribution in [3.8, 4) is 0 Å². The molecule has 4 nitrogen and oxygen atoms in total. The van der Waals surface area contributed by atoms with E-state index in [2.05, 4.69) is 12.2 Å². The summed E-state index contributed by atoms with van der Waals surface area (Å²) in [6.07, 6.45) is 3.39. The fraction of sp³-hybridized carbons (Fsp3) is 0.667. The van der Waals surface area contributed by atoms with Crippen molar-refractivity contribution in [3.05, 3.63) is 24.2 Å². The van der Waals surface area contributed by atoms with Gasteiger partial charge in [-0.2, -0.15) is 0 Å². The van der Waals surface area contributed by atoms with E-state index in [1.165, 1.54) is 0 Å². The van der Waals surface area contributed by atoms with Gasteiger partial charge in [-0.3, -0.25) is 0 Å². The molecule has 0 radical (unpaired) electrons. The van der Waals surface area contributed by atoms with E-state index in [1.54, 1.807) is 6.26 Å². The van der Waals surface area contributed by atoms with Crippen LogP contribution in [0.4, 0.5) is 0 Å². The van der Waals surface area contributed by atoms with E-state index in [0.29, 0.717) is 11.5 Å². The molecule has 1 fully saturated rings. The van der Waals surface area contributed by atoms with Crippen LogP contribution in [-0.4, -0.2) is 26.5 Å². The third-order valence-electron chi connectivity index (χ3n) is 3.27. The molecule has 1 N–H and O–H groups in total. The van der Waals surface area contributed by atoms with Crippen LogP contribution in [-0.2, 0) is 9.84 Å². The number of hydrogen-bond acceptors (Lipinski definition) is 4. The van der Waals surface area contributed by atoms with Gasteiger partial charge in [0.05, 0.1) is 23.8 Å². The molecular formula is C12H19NO3S. The highest BCUT2D eigenvalue weighted by Crippen LogP contribution is 2.21. The number of rotatable bonds is 5. The van der Waals surface area contributed by atoms with Gasteiger partial charge in [-0.15, -0.1) is 0 Å². The van der Waals surface area contributed by atoms with E-state index in [4.69, 9.17) is 4.42 Å². The van der Waals surface area contributed by atoms with E-state index in [-0.39, 0.29) is 12.0 Å². The highest BCUT2D eigenvalue weighted by atomic mass is 32.2. The molecule has 1 saturated heterocycles. The summed E-state index contributed by atoms with van der Waals surface area (Å²) in [4.78, 5) is 0. The lowest BCUT2D eigenvalue weighted by Gasteiger charge is -2.17. The Balaban J connectivity index is 1.85. The van der Waals surface area contributed by atoms with Crippen LogP contribution >= 0.6 is 0 Å². The normalized spacial score (nSPS) is 24.9. The first-order chi connectivity index (χ1) is 8.11. The molecule has 0 amide bonds. The van der Waals surface area contributed by atoms with Crippen molar-refractivity contribution in [2.45, 2.75) is 25.8 Å². The van der Waals surface area contributed by atoms with Gasteiger partial charge < -0.3 is 9.73 Å². The molecule has 0 saturated carbocycles. The minimum atomic E-state index is -2.77. The Labute approximate surface area is 102 Å². The molecule has 1 aliphatic rings. The summed E-state index contributed by atoms with van der Waals surface area (Å²) in [5.41, 5.74) is 0. The molecule has 1 aliphatic heterocycles. The number of hydrogen-bond donors (Lipinski definition) is 1. The van der Waals surface area contributed by atoms with Gasteiger partial charge in [0.25, 0.3) is 0 Å². The molecule has 0 spiro atoms. The van der Waals surface area contributed by atoms with Crippen LogP contribution in [0.2, 0.25) is 0 Å². The Morgan fingerprint density at radius 3 is 2.94 bits per heavy atom. The molecule has 0 bridgehead atoms. The molecule has 96 valence electrons. The summed E-state index contributed by atoms with van der Waals surface area (Å²) in [5, 5.41) is 3.39. The fourth-order valence-corrected chi connectivity index (χ4v) is 4.14. The van der Waals surface area contributed by atoms with Crippen molar-refractivity contribution < 1.29 is 12.8 Å². The summed E-state index contributed by atoms with van der Waals surface area (Å²) in [7, 11) is -2.77. The lowest BCUT2D eigenvalue weighted by Crippen LogP contribution is -2.27. The largest absolute Gasteiger partial charge is 0.468 e. The first kappa shape index (κ1) is 12.6. The van der Waals surface area contributed by atoms with Crippen LogP contribution in [0.15, 0.2) is 22.8 Å². The van der Waals surface area contributed by atoms with Gasteiger partial charge in [-0.05, 0) is 37.4 Å². The van der Waals surface area contributed by atoms with Crippen molar-refractivity contribution in [1.82, 2.24) is 5.32 Å². The molecule has 0 aliphatic carbocycles. The zero-order chi connectivity index (χ0) is 12.3. The van der Waals surface area contributed by atoms with Crippen molar-refractivity contribution in [3.63, 3.8) is 0 Å². The zero-order valence-electron chi connectivity index (χ0n) is 10.1. The average molecular weight is 257 g/mol. The van der Waals surface area contributed by atoms with Crippen LogP contribution in [0.1, 0.15) is 31.6 Å². The van der Waals surface area contributed by atoms with Gasteiger partial charge in [0.15, 0.2) is 9.84 Å². The monoisotopic (exact) mass is 257 g/mol. The summed E-state index contributed by atoms with van der Waals surface area (Å²) in [6.45, 7) is 2.84. The average Bonchev–Trinajstić information content (AvgIpc) is 2.89. The highest BCUT2D eigenvalue weighted by Gasteiger charge is 2.28. The van der Waals surface area contributed by atoms with Crippen LogP contribution in [0.25, 0.3) is 0 Å². The van der Waals surface area contributed by atoms with Crippen molar-refractivity contribution in [1.29, 1.82) is 0 Å². The minimum Gasteiger partial charge on any atom is -0.468 e. The third-order valence-corrected chi connectivity index (χ3v) is 5.11. The van der Waals surface area contributed by atoms with Crippen molar-refractivity contribution >= 4 is 9.84 Å². The summed E-state index contributed by atoms with van der Waals surface area (Å²) in [6, 6.07) is 4.01.